The second-order valence-electron chi connectivity index (χ2n) is 6.07. The highest BCUT2D eigenvalue weighted by atomic mass is 35.5. The van der Waals surface area contributed by atoms with Crippen molar-refractivity contribution >= 4 is 24.8 Å². The normalized spacial score (nSPS) is 16.3. The summed E-state index contributed by atoms with van der Waals surface area (Å²) in [6.07, 6.45) is -0.841. The third kappa shape index (κ3) is 7.78. The van der Waals surface area contributed by atoms with Crippen molar-refractivity contribution in [3.8, 4) is 11.5 Å². The Morgan fingerprint density at radius 3 is 2.42 bits per heavy atom. The van der Waals surface area contributed by atoms with Crippen LogP contribution in [-0.2, 0) is 0 Å². The fraction of sp³-hybridized carbons (Fsp3) is 0.647. The zero-order valence-corrected chi connectivity index (χ0v) is 16.4. The summed E-state index contributed by atoms with van der Waals surface area (Å²) in [5, 5.41) is 13.5. The molecule has 0 aliphatic carbocycles. The van der Waals surface area contributed by atoms with Gasteiger partial charge in [0.05, 0.1) is 0 Å². The number of alkyl halides is 3. The number of phenols is 1. The van der Waals surface area contributed by atoms with Gasteiger partial charge in [-0.1, -0.05) is 26.2 Å². The molecule has 0 saturated carbocycles. The summed E-state index contributed by atoms with van der Waals surface area (Å²) >= 11 is 0. The molecule has 0 aromatic heterocycles. The largest absolute Gasteiger partial charge is 0.573 e. The summed E-state index contributed by atoms with van der Waals surface area (Å²) in [6.45, 7) is 5.39. The van der Waals surface area contributed by atoms with E-state index in [2.05, 4.69) is 21.9 Å². The van der Waals surface area contributed by atoms with Gasteiger partial charge in [0.25, 0.3) is 0 Å². The molecule has 0 bridgehead atoms. The molecule has 0 amide bonds. The van der Waals surface area contributed by atoms with E-state index in [-0.39, 0.29) is 42.4 Å². The smallest absolute Gasteiger partial charge is 0.508 e. The Balaban J connectivity index is 0.00000312. The second-order valence-corrected chi connectivity index (χ2v) is 6.07. The average molecular weight is 419 g/mol. The summed E-state index contributed by atoms with van der Waals surface area (Å²) in [7, 11) is 0. The van der Waals surface area contributed by atoms with Crippen LogP contribution in [0.2, 0.25) is 0 Å². The molecule has 1 aromatic carbocycles. The molecule has 0 radical (unpaired) electrons. The third-order valence-corrected chi connectivity index (χ3v) is 4.27. The molecular formula is C17H27Cl2F3N2O2. The Kier molecular flexibility index (Phi) is 11.3. The van der Waals surface area contributed by atoms with Crippen LogP contribution in [0.1, 0.15) is 44.2 Å². The number of halogens is 5. The Hall–Kier alpha value is -0.890. The van der Waals surface area contributed by atoms with E-state index in [0.29, 0.717) is 5.56 Å². The number of phenolic OH excluding ortho intramolecular Hbond substituents is 1. The molecular weight excluding hydrogens is 392 g/mol. The second kappa shape index (κ2) is 11.7. The fourth-order valence-corrected chi connectivity index (χ4v) is 3.11. The first kappa shape index (κ1) is 25.1. The number of hydrogen-bond donors (Lipinski definition) is 2. The lowest BCUT2D eigenvalue weighted by atomic mass is 9.97. The molecule has 1 saturated heterocycles. The molecule has 1 aliphatic heterocycles. The Labute approximate surface area is 164 Å². The van der Waals surface area contributed by atoms with Crippen LogP contribution >= 0.6 is 24.8 Å². The van der Waals surface area contributed by atoms with Crippen molar-refractivity contribution < 1.29 is 23.0 Å². The minimum atomic E-state index is -4.74. The summed E-state index contributed by atoms with van der Waals surface area (Å²) < 4.78 is 41.4. The van der Waals surface area contributed by atoms with Crippen LogP contribution in [0.5, 0.6) is 11.5 Å². The first-order chi connectivity index (χ1) is 11.4. The van der Waals surface area contributed by atoms with Crippen LogP contribution in [0.15, 0.2) is 18.2 Å². The van der Waals surface area contributed by atoms with Gasteiger partial charge in [-0.05, 0) is 24.6 Å². The minimum Gasteiger partial charge on any atom is -0.508 e. The van der Waals surface area contributed by atoms with Crippen LogP contribution in [-0.4, -0.2) is 42.5 Å². The van der Waals surface area contributed by atoms with E-state index in [4.69, 9.17) is 0 Å². The van der Waals surface area contributed by atoms with E-state index in [1.54, 1.807) is 0 Å². The molecule has 4 nitrogen and oxygen atoms in total. The highest BCUT2D eigenvalue weighted by Crippen LogP contribution is 2.36. The lowest BCUT2D eigenvalue weighted by Crippen LogP contribution is -2.45. The highest BCUT2D eigenvalue weighted by Gasteiger charge is 2.32. The van der Waals surface area contributed by atoms with Crippen molar-refractivity contribution in [3.63, 3.8) is 0 Å². The van der Waals surface area contributed by atoms with Crippen molar-refractivity contribution in [1.82, 2.24) is 10.2 Å². The van der Waals surface area contributed by atoms with Crippen molar-refractivity contribution in [2.24, 2.45) is 0 Å². The maximum absolute atomic E-state index is 12.5. The molecule has 152 valence electrons. The first-order valence-electron chi connectivity index (χ1n) is 8.44. The molecule has 1 heterocycles. The van der Waals surface area contributed by atoms with Gasteiger partial charge in [-0.2, -0.15) is 0 Å². The first-order valence-corrected chi connectivity index (χ1v) is 8.44. The number of hydrogen-bond acceptors (Lipinski definition) is 4. The zero-order chi connectivity index (χ0) is 17.6. The standard InChI is InChI=1S/C17H25F3N2O2.2ClH/c1-2-3-4-5-15(22-10-8-21-9-11-22)14-12-13(6-7-16(14)23)24-17(18,19)20;;/h6-7,12,15,21,23H,2-5,8-11H2,1H3;2*1H/t15-;;/m0../s1. The van der Waals surface area contributed by atoms with Crippen LogP contribution in [0.3, 0.4) is 0 Å². The van der Waals surface area contributed by atoms with Gasteiger partial charge in [-0.25, -0.2) is 0 Å². The molecule has 1 fully saturated rings. The van der Waals surface area contributed by atoms with E-state index in [1.165, 1.54) is 12.1 Å². The number of aromatic hydroxyl groups is 1. The number of benzene rings is 1. The van der Waals surface area contributed by atoms with Gasteiger partial charge >= 0.3 is 6.36 Å². The van der Waals surface area contributed by atoms with Gasteiger partial charge in [0.2, 0.25) is 0 Å². The minimum absolute atomic E-state index is 0. The number of unbranched alkanes of at least 4 members (excludes halogenated alkanes) is 2. The number of piperazine rings is 1. The Bertz CT molecular complexity index is 527. The van der Waals surface area contributed by atoms with Gasteiger partial charge in [-0.15, -0.1) is 38.0 Å². The molecule has 9 heteroatoms. The molecule has 0 unspecified atom stereocenters. The van der Waals surface area contributed by atoms with Crippen molar-refractivity contribution in [2.75, 3.05) is 26.2 Å². The lowest BCUT2D eigenvalue weighted by Gasteiger charge is -2.35. The topological polar surface area (TPSA) is 44.7 Å². The Morgan fingerprint density at radius 1 is 1.19 bits per heavy atom. The summed E-state index contributed by atoms with van der Waals surface area (Å²) in [5.74, 6) is -0.268. The van der Waals surface area contributed by atoms with Crippen molar-refractivity contribution in [2.45, 2.75) is 45.0 Å². The van der Waals surface area contributed by atoms with Gasteiger partial charge in [0.15, 0.2) is 0 Å². The zero-order valence-electron chi connectivity index (χ0n) is 14.7. The number of rotatable bonds is 7. The molecule has 1 aliphatic rings. The van der Waals surface area contributed by atoms with E-state index in [0.717, 1.165) is 57.9 Å². The average Bonchev–Trinajstić information content (AvgIpc) is 2.53. The van der Waals surface area contributed by atoms with Gasteiger partial charge in [0, 0.05) is 37.8 Å². The molecule has 1 atom stereocenters. The Morgan fingerprint density at radius 2 is 1.85 bits per heavy atom. The van der Waals surface area contributed by atoms with E-state index >= 15 is 0 Å². The van der Waals surface area contributed by atoms with E-state index in [9.17, 15) is 18.3 Å². The summed E-state index contributed by atoms with van der Waals surface area (Å²) in [4.78, 5) is 2.22. The molecule has 2 N–H and O–H groups in total. The van der Waals surface area contributed by atoms with Crippen LogP contribution in [0.25, 0.3) is 0 Å². The fourth-order valence-electron chi connectivity index (χ4n) is 3.11. The van der Waals surface area contributed by atoms with E-state index in [1.807, 2.05) is 0 Å². The predicted molar refractivity (Wildman–Crippen MR) is 101 cm³/mol. The lowest BCUT2D eigenvalue weighted by molar-refractivity contribution is -0.274. The van der Waals surface area contributed by atoms with Gasteiger partial charge < -0.3 is 15.2 Å². The van der Waals surface area contributed by atoms with E-state index < -0.39 is 6.36 Å². The SMILES string of the molecule is CCCCC[C@@H](c1cc(OC(F)(F)F)ccc1O)N1CCNCC1.Cl.Cl. The van der Waals surface area contributed by atoms with Crippen molar-refractivity contribution in [1.29, 1.82) is 0 Å². The quantitative estimate of drug-likeness (QED) is 0.631. The van der Waals surface area contributed by atoms with Crippen LogP contribution in [0.4, 0.5) is 13.2 Å². The third-order valence-electron chi connectivity index (χ3n) is 4.27. The predicted octanol–water partition coefficient (Wildman–Crippen LogP) is 4.66. The molecule has 26 heavy (non-hydrogen) atoms. The van der Waals surface area contributed by atoms with Crippen molar-refractivity contribution in [3.05, 3.63) is 23.8 Å². The maximum atomic E-state index is 12.5. The van der Waals surface area contributed by atoms with Crippen LogP contribution in [0, 0.1) is 0 Å². The monoisotopic (exact) mass is 418 g/mol. The number of nitrogens with zero attached hydrogens (tertiary/aromatic N) is 1. The highest BCUT2D eigenvalue weighted by molar-refractivity contribution is 5.85. The van der Waals surface area contributed by atoms with Gasteiger partial charge in [0.1, 0.15) is 11.5 Å². The maximum Gasteiger partial charge on any atom is 0.573 e. The summed E-state index contributed by atoms with van der Waals surface area (Å²) in [5.41, 5.74) is 0.509. The molecule has 1 aromatic rings. The molecule has 2 rings (SSSR count). The van der Waals surface area contributed by atoms with Crippen LogP contribution < -0.4 is 10.1 Å². The number of ether oxygens (including phenoxy) is 1. The van der Waals surface area contributed by atoms with Gasteiger partial charge in [-0.3, -0.25) is 4.90 Å². The molecule has 0 spiro atoms. The summed E-state index contributed by atoms with van der Waals surface area (Å²) in [6, 6.07) is 3.65. The number of nitrogens with one attached hydrogen (secondary N) is 1.